The van der Waals surface area contributed by atoms with Crippen LogP contribution in [0.1, 0.15) is 15.9 Å². The Labute approximate surface area is 177 Å². The van der Waals surface area contributed by atoms with E-state index in [4.69, 9.17) is 0 Å². The number of carbonyl (C=O) groups excluding carboxylic acids is 1. The molecule has 0 bridgehead atoms. The maximum absolute atomic E-state index is 12.9. The van der Waals surface area contributed by atoms with Gasteiger partial charge in [-0.05, 0) is 18.2 Å². The second kappa shape index (κ2) is 8.83. The van der Waals surface area contributed by atoms with Crippen molar-refractivity contribution in [1.82, 2.24) is 15.2 Å². The summed E-state index contributed by atoms with van der Waals surface area (Å²) >= 11 is 0. The van der Waals surface area contributed by atoms with E-state index in [-0.39, 0.29) is 11.3 Å². The minimum Gasteiger partial charge on any atom is -0.267 e. The zero-order valence-corrected chi connectivity index (χ0v) is 16.3. The van der Waals surface area contributed by atoms with Crippen LogP contribution in [-0.2, 0) is 0 Å². The van der Waals surface area contributed by atoms with Crippen molar-refractivity contribution in [1.29, 1.82) is 0 Å². The number of carbonyl (C=O) groups is 1. The summed E-state index contributed by atoms with van der Waals surface area (Å²) < 4.78 is 1.63. The monoisotopic (exact) mass is 411 g/mol. The normalized spacial score (nSPS) is 10.8. The van der Waals surface area contributed by atoms with E-state index >= 15 is 0 Å². The largest absolute Gasteiger partial charge is 0.278 e. The molecule has 0 aliphatic rings. The molecule has 0 atom stereocenters. The molecule has 0 saturated carbocycles. The molecule has 0 spiro atoms. The predicted molar refractivity (Wildman–Crippen MR) is 117 cm³/mol. The highest BCUT2D eigenvalue weighted by molar-refractivity contribution is 6.00. The lowest BCUT2D eigenvalue weighted by molar-refractivity contribution is -0.385. The van der Waals surface area contributed by atoms with E-state index in [2.05, 4.69) is 15.6 Å². The first kappa shape index (κ1) is 19.7. The van der Waals surface area contributed by atoms with Crippen molar-refractivity contribution in [2.24, 2.45) is 5.10 Å². The zero-order chi connectivity index (χ0) is 21.6. The second-order valence-electron chi connectivity index (χ2n) is 6.55. The molecule has 1 aromatic heterocycles. The van der Waals surface area contributed by atoms with Crippen LogP contribution in [0, 0.1) is 10.1 Å². The fraction of sp³-hybridized carbons (Fsp3) is 0. The van der Waals surface area contributed by atoms with Crippen molar-refractivity contribution in [2.45, 2.75) is 0 Å². The van der Waals surface area contributed by atoms with Crippen LogP contribution in [0.25, 0.3) is 16.9 Å². The zero-order valence-electron chi connectivity index (χ0n) is 16.3. The number of rotatable bonds is 6. The number of hydrazone groups is 1. The Morgan fingerprint density at radius 1 is 0.968 bits per heavy atom. The number of hydrogen-bond acceptors (Lipinski definition) is 5. The molecule has 8 nitrogen and oxygen atoms in total. The van der Waals surface area contributed by atoms with Crippen LogP contribution in [0.4, 0.5) is 5.69 Å². The van der Waals surface area contributed by atoms with Gasteiger partial charge >= 0.3 is 0 Å². The van der Waals surface area contributed by atoms with Crippen LogP contribution in [0.2, 0.25) is 0 Å². The molecule has 0 aliphatic carbocycles. The SMILES string of the molecule is O=C(N/N=C\c1ccccc1[N+](=O)[O-])c1cn(-c2ccccc2)nc1-c1ccccc1. The van der Waals surface area contributed by atoms with E-state index in [1.165, 1.54) is 12.3 Å². The second-order valence-corrected chi connectivity index (χ2v) is 6.55. The van der Waals surface area contributed by atoms with E-state index in [0.29, 0.717) is 11.3 Å². The van der Waals surface area contributed by atoms with Crippen molar-refractivity contribution < 1.29 is 9.72 Å². The molecule has 0 unspecified atom stereocenters. The summed E-state index contributed by atoms with van der Waals surface area (Å²) in [6.07, 6.45) is 2.88. The van der Waals surface area contributed by atoms with Crippen LogP contribution in [0.3, 0.4) is 0 Å². The van der Waals surface area contributed by atoms with Crippen LogP contribution in [0.15, 0.2) is 96.2 Å². The summed E-state index contributed by atoms with van der Waals surface area (Å²) in [6.45, 7) is 0. The summed E-state index contributed by atoms with van der Waals surface area (Å²) in [4.78, 5) is 23.5. The van der Waals surface area contributed by atoms with Gasteiger partial charge in [0.1, 0.15) is 5.69 Å². The number of nitro benzene ring substituents is 1. The number of nitrogens with one attached hydrogen (secondary N) is 1. The van der Waals surface area contributed by atoms with Gasteiger partial charge in [-0.25, -0.2) is 10.1 Å². The Bertz CT molecular complexity index is 1250. The highest BCUT2D eigenvalue weighted by atomic mass is 16.6. The number of hydrogen-bond donors (Lipinski definition) is 1. The van der Waals surface area contributed by atoms with Crippen molar-refractivity contribution in [2.75, 3.05) is 0 Å². The van der Waals surface area contributed by atoms with Gasteiger partial charge in [-0.3, -0.25) is 14.9 Å². The lowest BCUT2D eigenvalue weighted by atomic mass is 10.1. The Balaban J connectivity index is 1.64. The lowest BCUT2D eigenvalue weighted by Crippen LogP contribution is -2.18. The summed E-state index contributed by atoms with van der Waals surface area (Å²) in [5.74, 6) is -0.476. The highest BCUT2D eigenvalue weighted by Crippen LogP contribution is 2.23. The van der Waals surface area contributed by atoms with Crippen molar-refractivity contribution in [3.05, 3.63) is 112 Å². The van der Waals surface area contributed by atoms with E-state index in [0.717, 1.165) is 11.3 Å². The third kappa shape index (κ3) is 4.38. The number of para-hydroxylation sites is 2. The summed E-state index contributed by atoms with van der Waals surface area (Å²) in [7, 11) is 0. The minimum absolute atomic E-state index is 0.0950. The standard InChI is InChI=1S/C23H17N5O3/c29-23(25-24-15-18-11-7-8-14-21(18)28(30)31)20-16-27(19-12-5-2-6-13-19)26-22(20)17-9-3-1-4-10-17/h1-16H,(H,25,29)/b24-15-. The average Bonchev–Trinajstić information content (AvgIpc) is 3.26. The predicted octanol–water partition coefficient (Wildman–Crippen LogP) is 4.21. The fourth-order valence-electron chi connectivity index (χ4n) is 3.05. The molecule has 1 N–H and O–H groups in total. The number of nitrogens with zero attached hydrogens (tertiary/aromatic N) is 4. The van der Waals surface area contributed by atoms with Gasteiger partial charge in [0.2, 0.25) is 0 Å². The van der Waals surface area contributed by atoms with Gasteiger partial charge in [0.15, 0.2) is 0 Å². The topological polar surface area (TPSA) is 102 Å². The Morgan fingerprint density at radius 3 is 2.32 bits per heavy atom. The molecule has 1 heterocycles. The average molecular weight is 411 g/mol. The molecule has 0 aliphatic heterocycles. The number of aromatic nitrogens is 2. The van der Waals surface area contributed by atoms with Gasteiger partial charge in [0.25, 0.3) is 11.6 Å². The fourth-order valence-corrected chi connectivity index (χ4v) is 3.05. The number of benzene rings is 3. The third-order valence-corrected chi connectivity index (χ3v) is 4.53. The summed E-state index contributed by atoms with van der Waals surface area (Å²) in [5, 5.41) is 19.6. The van der Waals surface area contributed by atoms with Crippen molar-refractivity contribution >= 4 is 17.8 Å². The van der Waals surface area contributed by atoms with Crippen LogP contribution >= 0.6 is 0 Å². The quantitative estimate of drug-likeness (QED) is 0.292. The van der Waals surface area contributed by atoms with Gasteiger partial charge < -0.3 is 0 Å². The molecule has 31 heavy (non-hydrogen) atoms. The van der Waals surface area contributed by atoms with Crippen LogP contribution in [-0.4, -0.2) is 26.8 Å². The van der Waals surface area contributed by atoms with Crippen molar-refractivity contribution in [3.8, 4) is 16.9 Å². The molecule has 0 fully saturated rings. The first-order valence-electron chi connectivity index (χ1n) is 9.41. The first-order chi connectivity index (χ1) is 15.1. The first-order valence-corrected chi connectivity index (χ1v) is 9.41. The number of amides is 1. The van der Waals surface area contributed by atoms with Gasteiger partial charge in [0, 0.05) is 17.8 Å². The van der Waals surface area contributed by atoms with E-state index in [1.807, 2.05) is 60.7 Å². The van der Waals surface area contributed by atoms with Gasteiger partial charge in [-0.2, -0.15) is 10.2 Å². The molecule has 3 aromatic carbocycles. The van der Waals surface area contributed by atoms with Gasteiger partial charge in [-0.1, -0.05) is 60.7 Å². The van der Waals surface area contributed by atoms with E-state index < -0.39 is 10.8 Å². The minimum atomic E-state index is -0.499. The smallest absolute Gasteiger partial charge is 0.267 e. The number of nitro groups is 1. The molecular formula is C23H17N5O3. The van der Waals surface area contributed by atoms with Gasteiger partial charge in [0.05, 0.1) is 28.0 Å². The Morgan fingerprint density at radius 2 is 1.61 bits per heavy atom. The van der Waals surface area contributed by atoms with Crippen LogP contribution in [0.5, 0.6) is 0 Å². The molecule has 4 rings (SSSR count). The molecule has 0 saturated heterocycles. The van der Waals surface area contributed by atoms with Gasteiger partial charge in [-0.15, -0.1) is 0 Å². The van der Waals surface area contributed by atoms with Crippen LogP contribution < -0.4 is 5.43 Å². The van der Waals surface area contributed by atoms with Crippen molar-refractivity contribution in [3.63, 3.8) is 0 Å². The Hall–Kier alpha value is -4.59. The molecule has 4 aromatic rings. The highest BCUT2D eigenvalue weighted by Gasteiger charge is 2.18. The van der Waals surface area contributed by atoms with E-state index in [1.54, 1.807) is 29.1 Å². The Kier molecular flexibility index (Phi) is 5.62. The lowest BCUT2D eigenvalue weighted by Gasteiger charge is -2.01. The molecule has 0 radical (unpaired) electrons. The molecule has 152 valence electrons. The maximum Gasteiger partial charge on any atom is 0.278 e. The third-order valence-electron chi connectivity index (χ3n) is 4.53. The maximum atomic E-state index is 12.9. The molecular weight excluding hydrogens is 394 g/mol. The summed E-state index contributed by atoms with van der Waals surface area (Å²) in [5.41, 5.74) is 5.06. The molecule has 8 heteroatoms. The molecule has 1 amide bonds. The summed E-state index contributed by atoms with van der Waals surface area (Å²) in [6, 6.07) is 24.9. The van der Waals surface area contributed by atoms with E-state index in [9.17, 15) is 14.9 Å².